The fourth-order valence-electron chi connectivity index (χ4n) is 13.4. The maximum absolute atomic E-state index is 14.4. The van der Waals surface area contributed by atoms with Crippen LogP contribution in [0, 0.1) is 5.92 Å². The number of carbonyl (C=O) groups is 8. The molecule has 0 unspecified atom stereocenters. The van der Waals surface area contributed by atoms with Crippen molar-refractivity contribution >= 4 is 47.4 Å². The number of hydrogen-bond acceptors (Lipinski definition) is 33. The van der Waals surface area contributed by atoms with Gasteiger partial charge in [0.15, 0.2) is 0 Å². The molecule has 1 rings (SSSR count). The molecule has 0 aromatic rings. The Morgan fingerprint density at radius 1 is 0.268 bits per heavy atom. The maximum Gasteiger partial charge on any atom is 0.303 e. The van der Waals surface area contributed by atoms with E-state index in [9.17, 15) is 48.6 Å². The van der Waals surface area contributed by atoms with Gasteiger partial charge in [-0.3, -0.25) is 38.4 Å². The Labute approximate surface area is 824 Å². The lowest BCUT2D eigenvalue weighted by molar-refractivity contribution is -0.140. The van der Waals surface area contributed by atoms with Gasteiger partial charge in [0.05, 0.1) is 311 Å². The van der Waals surface area contributed by atoms with E-state index in [0.29, 0.717) is 356 Å². The van der Waals surface area contributed by atoms with Gasteiger partial charge < -0.3 is 160 Å². The molecule has 812 valence electrons. The summed E-state index contributed by atoms with van der Waals surface area (Å²) >= 11 is 0. The van der Waals surface area contributed by atoms with Crippen LogP contribution in [-0.4, -0.2) is 449 Å². The summed E-state index contributed by atoms with van der Waals surface area (Å²) in [6.45, 7) is 29.5. The first-order valence-corrected chi connectivity index (χ1v) is 51.3. The summed E-state index contributed by atoms with van der Waals surface area (Å²) in [6, 6.07) is -5.05. The van der Waals surface area contributed by atoms with E-state index in [-0.39, 0.29) is 57.1 Å². The third kappa shape index (κ3) is 89.6. The van der Waals surface area contributed by atoms with Crippen LogP contribution in [-0.2, 0) is 152 Å². The lowest BCUT2D eigenvalue weighted by Gasteiger charge is -2.35. The molecule has 0 aromatic heterocycles. The van der Waals surface area contributed by atoms with Crippen LogP contribution in [0.2, 0.25) is 0 Å². The van der Waals surface area contributed by atoms with Crippen molar-refractivity contribution in [3.8, 4) is 0 Å². The van der Waals surface area contributed by atoms with Gasteiger partial charge in [-0.25, -0.2) is 0 Å². The number of carboxylic acid groups (broad SMARTS) is 2. The minimum absolute atomic E-state index is 0.113. The molecule has 1 heterocycles. The van der Waals surface area contributed by atoms with Crippen molar-refractivity contribution in [3.05, 3.63) is 0 Å². The number of methoxy groups -OCH3 is 1. The highest BCUT2D eigenvalue weighted by atomic mass is 16.6. The number of nitrogens with one attached hydrogen (secondary N) is 5. The molecule has 1 saturated heterocycles. The van der Waals surface area contributed by atoms with Gasteiger partial charge in [-0.1, -0.05) is 130 Å². The van der Waals surface area contributed by atoms with Gasteiger partial charge >= 0.3 is 11.9 Å². The monoisotopic (exact) mass is 1990 g/mol. The molecule has 138 heavy (non-hydrogen) atoms. The number of carboxylic acids is 2. The summed E-state index contributed by atoms with van der Waals surface area (Å²) in [5, 5.41) is 32.9. The Morgan fingerprint density at radius 3 is 0.812 bits per heavy atom. The number of hydrogen-bond donors (Lipinski definition) is 7. The predicted molar refractivity (Wildman–Crippen MR) is 516 cm³/mol. The van der Waals surface area contributed by atoms with Crippen LogP contribution in [0.3, 0.4) is 0 Å². The molecule has 1 aliphatic heterocycles. The summed E-state index contributed by atoms with van der Waals surface area (Å²) in [6.07, 6.45) is 20.3. The Morgan fingerprint density at radius 2 is 0.529 bits per heavy atom. The first-order valence-electron chi connectivity index (χ1n) is 51.3. The molecule has 0 aromatic carbocycles. The molecule has 0 saturated carbocycles. The standard InChI is InChI=1S/C97H185N7O34/c1-6-8-9-10-11-12-13-14-15-16-17-18-19-20-21-22-23-27-90(106)99-86(28-30-91(107)108)94(111)100-87(29-31-92(109)110)95(112)102-93(85(3)7-2)96(113)101-88(97(114)104-36-34-103(4)35-37-104)26-24-25-33-98-89(105)32-38-116-41-42-118-45-46-120-49-50-122-53-54-124-57-58-126-61-62-128-65-66-130-69-70-132-73-74-134-77-78-136-81-82-138-84-83-137-80-79-135-76-75-133-72-71-131-68-67-129-64-63-127-60-59-125-56-55-123-52-51-121-48-47-119-44-43-117-40-39-115-5/h85-88,93H,6-84H2,1-5H3,(H,98,105)(H,99,106)(H,100,111)(H,101,113)(H,102,112)(H,107,108)(H,109,110)/t85-,86-,87-,88-,93-/m0/s1. The molecule has 0 aliphatic carbocycles. The van der Waals surface area contributed by atoms with Gasteiger partial charge in [0.1, 0.15) is 24.2 Å². The van der Waals surface area contributed by atoms with Crippen LogP contribution in [0.4, 0.5) is 0 Å². The normalized spacial score (nSPS) is 13.5. The SMILES string of the molecule is CCCCCCCCCCCCCCCCCCCC(=O)N[C@@H](CCC(=O)O)C(=O)N[C@@H](CCC(=O)O)C(=O)N[C@H](C(=O)N[C@@H](CCCCNC(=O)CCOCCOCCOCCOCCOCCOCCOCCOCCOCCOCCOCCOCCOCCOCCOCCOCCOCCOCCOCCOCCOCCOCCOCCOC)C(=O)N1CCN(C)CC1)[C@@H](C)CC. The third-order valence-corrected chi connectivity index (χ3v) is 21.6. The second-order valence-corrected chi connectivity index (χ2v) is 33.2. The zero-order valence-electron chi connectivity index (χ0n) is 85.1. The zero-order chi connectivity index (χ0) is 100. The van der Waals surface area contributed by atoms with Crippen molar-refractivity contribution in [2.24, 2.45) is 5.92 Å². The molecule has 6 amide bonds. The molecule has 0 bridgehead atoms. The smallest absolute Gasteiger partial charge is 0.303 e. The summed E-state index contributed by atoms with van der Waals surface area (Å²) in [7, 11) is 3.60. The van der Waals surface area contributed by atoms with E-state index < -0.39 is 78.5 Å². The Hall–Kier alpha value is -5.24. The molecule has 1 fully saturated rings. The quantitative estimate of drug-likeness (QED) is 0.0332. The largest absolute Gasteiger partial charge is 0.481 e. The number of likely N-dealkylation sites (N-methyl/N-ethyl adjacent to an activating group) is 1. The Kier molecular flexibility index (Phi) is 97.8. The molecule has 41 nitrogen and oxygen atoms in total. The van der Waals surface area contributed by atoms with E-state index >= 15 is 0 Å². The summed E-state index contributed by atoms with van der Waals surface area (Å²) < 4.78 is 132. The minimum atomic E-state index is -1.49. The molecule has 7 N–H and O–H groups in total. The van der Waals surface area contributed by atoms with Crippen LogP contribution >= 0.6 is 0 Å². The Bertz CT molecular complexity index is 2750. The van der Waals surface area contributed by atoms with Gasteiger partial charge in [0.2, 0.25) is 35.4 Å². The van der Waals surface area contributed by atoms with Crippen molar-refractivity contribution in [2.45, 2.75) is 218 Å². The maximum atomic E-state index is 14.4. The second-order valence-electron chi connectivity index (χ2n) is 33.2. The highest BCUT2D eigenvalue weighted by Crippen LogP contribution is 2.18. The van der Waals surface area contributed by atoms with Crippen molar-refractivity contribution in [2.75, 3.05) is 357 Å². The van der Waals surface area contributed by atoms with Crippen LogP contribution in [0.15, 0.2) is 0 Å². The lowest BCUT2D eigenvalue weighted by atomic mass is 9.96. The fraction of sp³-hybridized carbons (Fsp3) is 0.918. The third-order valence-electron chi connectivity index (χ3n) is 21.6. The van der Waals surface area contributed by atoms with Gasteiger partial charge in [0.25, 0.3) is 0 Å². The molecule has 0 radical (unpaired) electrons. The number of aliphatic carboxylic acids is 2. The molecule has 0 spiro atoms. The number of piperazine rings is 1. The average Bonchev–Trinajstić information content (AvgIpc) is 0.851. The van der Waals surface area contributed by atoms with E-state index in [1.807, 2.05) is 14.0 Å². The molecule has 5 atom stereocenters. The number of ether oxygens (including phenoxy) is 24. The van der Waals surface area contributed by atoms with E-state index in [4.69, 9.17) is 114 Å². The van der Waals surface area contributed by atoms with Gasteiger partial charge in [-0.2, -0.15) is 0 Å². The molecule has 1 aliphatic rings. The van der Waals surface area contributed by atoms with Crippen molar-refractivity contribution < 1.29 is 162 Å². The van der Waals surface area contributed by atoms with Crippen LogP contribution in [0.1, 0.15) is 194 Å². The van der Waals surface area contributed by atoms with Crippen molar-refractivity contribution in [1.82, 2.24) is 36.4 Å². The van der Waals surface area contributed by atoms with E-state index in [2.05, 4.69) is 38.4 Å². The number of nitrogens with zero attached hydrogens (tertiary/aromatic N) is 2. The summed E-state index contributed by atoms with van der Waals surface area (Å²) in [5.74, 6) is -6.31. The van der Waals surface area contributed by atoms with Crippen molar-refractivity contribution in [3.63, 3.8) is 0 Å². The van der Waals surface area contributed by atoms with Gasteiger partial charge in [-0.15, -0.1) is 0 Å². The lowest BCUT2D eigenvalue weighted by Crippen LogP contribution is -2.60. The molecular weight excluding hydrogens is 1810 g/mol. The van der Waals surface area contributed by atoms with Crippen LogP contribution < -0.4 is 26.6 Å². The van der Waals surface area contributed by atoms with E-state index in [0.717, 1.165) is 25.7 Å². The predicted octanol–water partition coefficient (Wildman–Crippen LogP) is 6.22. The zero-order valence-corrected chi connectivity index (χ0v) is 85.1. The van der Waals surface area contributed by atoms with Gasteiger partial charge in [0, 0.05) is 65.5 Å². The first kappa shape index (κ1) is 131. The number of unbranched alkanes of at least 4 members (excludes halogenated alkanes) is 17. The number of rotatable bonds is 111. The number of carbonyl (C=O) groups excluding carboxylic acids is 6. The topological polar surface area (TPSA) is 465 Å². The van der Waals surface area contributed by atoms with Crippen LogP contribution in [0.5, 0.6) is 0 Å². The number of amides is 6. The second kappa shape index (κ2) is 103. The fourth-order valence-corrected chi connectivity index (χ4v) is 13.4. The molecule has 41 heteroatoms. The highest BCUT2D eigenvalue weighted by Gasteiger charge is 2.36. The first-order chi connectivity index (χ1) is 67.6. The Balaban J connectivity index is 2.04. The molecular formula is C97H185N7O34. The van der Waals surface area contributed by atoms with Gasteiger partial charge in [-0.05, 0) is 51.5 Å². The van der Waals surface area contributed by atoms with Crippen LogP contribution in [0.25, 0.3) is 0 Å². The summed E-state index contributed by atoms with van der Waals surface area (Å²) in [5.41, 5.74) is 0. The average molecular weight is 1990 g/mol. The van der Waals surface area contributed by atoms with E-state index in [1.165, 1.54) is 77.0 Å². The van der Waals surface area contributed by atoms with Crippen molar-refractivity contribution in [1.29, 1.82) is 0 Å². The highest BCUT2D eigenvalue weighted by molar-refractivity contribution is 5.96. The summed E-state index contributed by atoms with van der Waals surface area (Å²) in [4.78, 5) is 110. The minimum Gasteiger partial charge on any atom is -0.481 e. The van der Waals surface area contributed by atoms with E-state index in [1.54, 1.807) is 18.9 Å².